The molecule has 82 valence electrons. The van der Waals surface area contributed by atoms with Crippen molar-refractivity contribution < 1.29 is 5.11 Å². The fourth-order valence-electron chi connectivity index (χ4n) is 1.60. The molecule has 3 N–H and O–H groups in total. The minimum absolute atomic E-state index is 0.280. The molecule has 0 amide bonds. The first-order chi connectivity index (χ1) is 7.68. The van der Waals surface area contributed by atoms with Gasteiger partial charge < -0.3 is 10.8 Å². The third-order valence-corrected chi connectivity index (χ3v) is 2.85. The molecule has 2 aromatic rings. The number of nitrogens with two attached hydrogens (primary N) is 1. The SMILES string of the molecule is Nc1c(Cl)cccc1Cc1ccccc1O. The van der Waals surface area contributed by atoms with Crippen LogP contribution in [0.25, 0.3) is 0 Å². The maximum atomic E-state index is 9.66. The van der Waals surface area contributed by atoms with Crippen molar-refractivity contribution in [3.8, 4) is 5.75 Å². The molecule has 0 heterocycles. The van der Waals surface area contributed by atoms with Gasteiger partial charge in [0.1, 0.15) is 5.75 Å². The molecule has 0 aliphatic carbocycles. The van der Waals surface area contributed by atoms with Gasteiger partial charge in [-0.1, -0.05) is 41.9 Å². The van der Waals surface area contributed by atoms with Gasteiger partial charge >= 0.3 is 0 Å². The average Bonchev–Trinajstić information content (AvgIpc) is 2.28. The normalized spacial score (nSPS) is 10.3. The summed E-state index contributed by atoms with van der Waals surface area (Å²) in [5, 5.41) is 10.2. The number of anilines is 1. The molecule has 2 nitrogen and oxygen atoms in total. The zero-order valence-corrected chi connectivity index (χ0v) is 9.41. The third kappa shape index (κ3) is 2.12. The summed E-state index contributed by atoms with van der Waals surface area (Å²) in [6, 6.07) is 12.7. The van der Waals surface area contributed by atoms with E-state index in [2.05, 4.69) is 0 Å². The van der Waals surface area contributed by atoms with E-state index < -0.39 is 0 Å². The zero-order chi connectivity index (χ0) is 11.5. The van der Waals surface area contributed by atoms with Crippen molar-refractivity contribution in [1.82, 2.24) is 0 Å². The Morgan fingerprint density at radius 2 is 1.69 bits per heavy atom. The molecule has 2 aromatic carbocycles. The molecule has 0 aliphatic heterocycles. The molecule has 3 heteroatoms. The van der Waals surface area contributed by atoms with Crippen molar-refractivity contribution in [2.75, 3.05) is 5.73 Å². The van der Waals surface area contributed by atoms with Crippen molar-refractivity contribution in [1.29, 1.82) is 0 Å². The Balaban J connectivity index is 2.35. The number of phenolic OH excluding ortho intramolecular Hbond substituents is 1. The van der Waals surface area contributed by atoms with Crippen molar-refractivity contribution in [2.24, 2.45) is 0 Å². The van der Waals surface area contributed by atoms with E-state index in [0.717, 1.165) is 11.1 Å². The number of rotatable bonds is 2. The summed E-state index contributed by atoms with van der Waals surface area (Å²) < 4.78 is 0. The summed E-state index contributed by atoms with van der Waals surface area (Å²) in [4.78, 5) is 0. The van der Waals surface area contributed by atoms with Crippen molar-refractivity contribution >= 4 is 17.3 Å². The van der Waals surface area contributed by atoms with E-state index in [1.165, 1.54) is 0 Å². The molecule has 0 saturated carbocycles. The van der Waals surface area contributed by atoms with Crippen LogP contribution in [0.2, 0.25) is 5.02 Å². The summed E-state index contributed by atoms with van der Waals surface area (Å²) in [7, 11) is 0. The molecule has 16 heavy (non-hydrogen) atoms. The average molecular weight is 234 g/mol. The van der Waals surface area contributed by atoms with E-state index >= 15 is 0 Å². The molecule has 0 saturated heterocycles. The molecule has 0 aromatic heterocycles. The van der Waals surface area contributed by atoms with Crippen LogP contribution < -0.4 is 5.73 Å². The lowest BCUT2D eigenvalue weighted by molar-refractivity contribution is 0.469. The third-order valence-electron chi connectivity index (χ3n) is 2.52. The van der Waals surface area contributed by atoms with Gasteiger partial charge in [-0.3, -0.25) is 0 Å². The molecule has 0 atom stereocenters. The van der Waals surface area contributed by atoms with Gasteiger partial charge in [0.15, 0.2) is 0 Å². The molecule has 2 rings (SSSR count). The molecular formula is C13H12ClNO. The number of para-hydroxylation sites is 2. The van der Waals surface area contributed by atoms with Gasteiger partial charge in [0.05, 0.1) is 10.7 Å². The molecule has 0 aliphatic rings. The van der Waals surface area contributed by atoms with Crippen molar-refractivity contribution in [3.05, 3.63) is 58.6 Å². The van der Waals surface area contributed by atoms with Crippen LogP contribution in [-0.4, -0.2) is 5.11 Å². The second-order valence-corrected chi connectivity index (χ2v) is 4.03. The predicted octanol–water partition coefficient (Wildman–Crippen LogP) is 3.22. The molecular weight excluding hydrogens is 222 g/mol. The first-order valence-electron chi connectivity index (χ1n) is 4.98. The predicted molar refractivity (Wildman–Crippen MR) is 66.8 cm³/mol. The van der Waals surface area contributed by atoms with Crippen LogP contribution >= 0.6 is 11.6 Å². The van der Waals surface area contributed by atoms with E-state index in [9.17, 15) is 5.11 Å². The topological polar surface area (TPSA) is 46.2 Å². The van der Waals surface area contributed by atoms with Crippen LogP contribution in [0.15, 0.2) is 42.5 Å². The summed E-state index contributed by atoms with van der Waals surface area (Å²) >= 11 is 5.93. The van der Waals surface area contributed by atoms with Gasteiger partial charge in [0.2, 0.25) is 0 Å². The Hall–Kier alpha value is -1.67. The fourth-order valence-corrected chi connectivity index (χ4v) is 1.80. The largest absolute Gasteiger partial charge is 0.508 e. The minimum Gasteiger partial charge on any atom is -0.508 e. The second kappa shape index (κ2) is 4.45. The highest BCUT2D eigenvalue weighted by Crippen LogP contribution is 2.27. The van der Waals surface area contributed by atoms with E-state index in [4.69, 9.17) is 17.3 Å². The maximum Gasteiger partial charge on any atom is 0.119 e. The van der Waals surface area contributed by atoms with Gasteiger partial charge in [0.25, 0.3) is 0 Å². The minimum atomic E-state index is 0.280. The highest BCUT2D eigenvalue weighted by atomic mass is 35.5. The first kappa shape index (κ1) is 10.8. The van der Waals surface area contributed by atoms with E-state index in [1.807, 2.05) is 24.3 Å². The Morgan fingerprint density at radius 1 is 1.00 bits per heavy atom. The highest BCUT2D eigenvalue weighted by molar-refractivity contribution is 6.33. The Kier molecular flexibility index (Phi) is 3.02. The Morgan fingerprint density at radius 3 is 2.44 bits per heavy atom. The van der Waals surface area contributed by atoms with Crippen molar-refractivity contribution in [3.63, 3.8) is 0 Å². The van der Waals surface area contributed by atoms with E-state index in [0.29, 0.717) is 17.1 Å². The fraction of sp³-hybridized carbons (Fsp3) is 0.0769. The first-order valence-corrected chi connectivity index (χ1v) is 5.36. The number of benzene rings is 2. The van der Waals surface area contributed by atoms with Crippen LogP contribution in [0.4, 0.5) is 5.69 Å². The van der Waals surface area contributed by atoms with Gasteiger partial charge in [-0.15, -0.1) is 0 Å². The number of phenols is 1. The molecule has 0 radical (unpaired) electrons. The molecule has 0 bridgehead atoms. The number of halogens is 1. The number of nitrogen functional groups attached to an aromatic ring is 1. The molecule has 0 fully saturated rings. The van der Waals surface area contributed by atoms with Crippen LogP contribution in [0.3, 0.4) is 0 Å². The smallest absolute Gasteiger partial charge is 0.119 e. The Labute approximate surface area is 99.3 Å². The quantitative estimate of drug-likeness (QED) is 0.783. The zero-order valence-electron chi connectivity index (χ0n) is 8.65. The lowest BCUT2D eigenvalue weighted by atomic mass is 10.0. The molecule has 0 unspecified atom stereocenters. The standard InChI is InChI=1S/C13H12ClNO/c14-11-6-3-5-10(13(11)15)8-9-4-1-2-7-12(9)16/h1-7,16H,8,15H2. The molecule has 0 spiro atoms. The monoisotopic (exact) mass is 233 g/mol. The summed E-state index contributed by atoms with van der Waals surface area (Å²) in [5.41, 5.74) is 8.21. The van der Waals surface area contributed by atoms with E-state index in [-0.39, 0.29) is 5.75 Å². The maximum absolute atomic E-state index is 9.66. The van der Waals surface area contributed by atoms with Crippen molar-refractivity contribution in [2.45, 2.75) is 6.42 Å². The summed E-state index contributed by atoms with van der Waals surface area (Å²) in [6.45, 7) is 0. The number of hydrogen-bond donors (Lipinski definition) is 2. The van der Waals surface area contributed by atoms with Crippen LogP contribution in [0.5, 0.6) is 5.75 Å². The Bertz CT molecular complexity index is 511. The van der Waals surface area contributed by atoms with Crippen LogP contribution in [0, 0.1) is 0 Å². The van der Waals surface area contributed by atoms with Crippen LogP contribution in [-0.2, 0) is 6.42 Å². The van der Waals surface area contributed by atoms with E-state index in [1.54, 1.807) is 18.2 Å². The van der Waals surface area contributed by atoms with Crippen LogP contribution in [0.1, 0.15) is 11.1 Å². The lowest BCUT2D eigenvalue weighted by Crippen LogP contribution is -1.96. The second-order valence-electron chi connectivity index (χ2n) is 3.62. The lowest BCUT2D eigenvalue weighted by Gasteiger charge is -2.08. The number of hydrogen-bond acceptors (Lipinski definition) is 2. The highest BCUT2D eigenvalue weighted by Gasteiger charge is 2.06. The summed E-state index contributed by atoms with van der Waals surface area (Å²) in [5.74, 6) is 0.280. The van der Waals surface area contributed by atoms with Gasteiger partial charge in [0, 0.05) is 6.42 Å². The van der Waals surface area contributed by atoms with Gasteiger partial charge in [-0.2, -0.15) is 0 Å². The number of aromatic hydroxyl groups is 1. The van der Waals surface area contributed by atoms with Gasteiger partial charge in [-0.05, 0) is 23.3 Å². The summed E-state index contributed by atoms with van der Waals surface area (Å²) in [6.07, 6.45) is 0.582. The van der Waals surface area contributed by atoms with Gasteiger partial charge in [-0.25, -0.2) is 0 Å².